The van der Waals surface area contributed by atoms with Gasteiger partial charge in [-0.05, 0) is 6.92 Å². The van der Waals surface area contributed by atoms with Gasteiger partial charge in [-0.1, -0.05) is 36.4 Å². The first-order valence-corrected chi connectivity index (χ1v) is 4.42. The third-order valence-electron chi connectivity index (χ3n) is 1.88. The average Bonchev–Trinajstić information content (AvgIpc) is 2.15. The van der Waals surface area contributed by atoms with E-state index in [1.807, 2.05) is 31.2 Å². The van der Waals surface area contributed by atoms with Crippen molar-refractivity contribution in [3.8, 4) is 0 Å². The van der Waals surface area contributed by atoms with Gasteiger partial charge in [-0.2, -0.15) is 0 Å². The third kappa shape index (κ3) is 2.39. The fourth-order valence-corrected chi connectivity index (χ4v) is 1.17. The van der Waals surface area contributed by atoms with Crippen LogP contribution in [0, 0.1) is 6.92 Å². The summed E-state index contributed by atoms with van der Waals surface area (Å²) in [6, 6.07) is 7.69. The smallest absolute Gasteiger partial charge is 0.178 e. The highest BCUT2D eigenvalue weighted by Gasteiger charge is 2.07. The largest absolute Gasteiger partial charge is 0.293 e. The van der Waals surface area contributed by atoms with Gasteiger partial charge in [0.2, 0.25) is 0 Å². The van der Waals surface area contributed by atoms with E-state index in [0.29, 0.717) is 5.71 Å². The molecule has 0 spiro atoms. The van der Waals surface area contributed by atoms with Gasteiger partial charge < -0.3 is 0 Å². The van der Waals surface area contributed by atoms with Crippen LogP contribution in [0.15, 0.2) is 42.0 Å². The molecular formula is C12H13NO. The molecule has 0 fully saturated rings. The molecule has 1 rings (SSSR count). The Morgan fingerprint density at radius 3 is 2.36 bits per heavy atom. The van der Waals surface area contributed by atoms with Gasteiger partial charge in [-0.15, -0.1) is 0 Å². The predicted octanol–water partition coefficient (Wildman–Crippen LogP) is 2.52. The fraction of sp³-hybridized carbons (Fsp3) is 0.167. The molecule has 2 nitrogen and oxygen atoms in total. The molecule has 1 aromatic rings. The molecule has 0 heterocycles. The van der Waals surface area contributed by atoms with E-state index in [-0.39, 0.29) is 5.78 Å². The Labute approximate surface area is 84.0 Å². The van der Waals surface area contributed by atoms with Crippen LogP contribution < -0.4 is 0 Å². The molecule has 1 aromatic carbocycles. The van der Waals surface area contributed by atoms with Crippen molar-refractivity contribution in [3.05, 3.63) is 48.2 Å². The summed E-state index contributed by atoms with van der Waals surface area (Å²) < 4.78 is 0. The van der Waals surface area contributed by atoms with E-state index in [9.17, 15) is 4.79 Å². The molecule has 2 heteroatoms. The molecule has 0 N–H and O–H groups in total. The quantitative estimate of drug-likeness (QED) is 0.668. The van der Waals surface area contributed by atoms with Crippen LogP contribution in [0.3, 0.4) is 0 Å². The van der Waals surface area contributed by atoms with Crippen molar-refractivity contribution in [2.24, 2.45) is 4.99 Å². The lowest BCUT2D eigenvalue weighted by molar-refractivity contribution is -0.111. The van der Waals surface area contributed by atoms with Crippen molar-refractivity contribution in [2.75, 3.05) is 0 Å². The van der Waals surface area contributed by atoms with Crippen LogP contribution in [0.25, 0.3) is 0 Å². The SMILES string of the molecule is C=CN=C(C(C)=O)c1ccc(C)cc1. The number of nitrogens with zero attached hydrogens (tertiary/aromatic N) is 1. The van der Waals surface area contributed by atoms with Crippen LogP contribution in [0.1, 0.15) is 18.1 Å². The molecule has 14 heavy (non-hydrogen) atoms. The Kier molecular flexibility index (Phi) is 3.35. The molecule has 0 aliphatic heterocycles. The van der Waals surface area contributed by atoms with Crippen molar-refractivity contribution in [1.29, 1.82) is 0 Å². The summed E-state index contributed by atoms with van der Waals surface area (Å²) in [6.45, 7) is 6.99. The summed E-state index contributed by atoms with van der Waals surface area (Å²) in [5, 5.41) is 0. The lowest BCUT2D eigenvalue weighted by Gasteiger charge is -2.01. The number of aliphatic imine (C=N–C) groups is 1. The van der Waals surface area contributed by atoms with Crippen molar-refractivity contribution in [1.82, 2.24) is 0 Å². The van der Waals surface area contributed by atoms with E-state index < -0.39 is 0 Å². The Morgan fingerprint density at radius 2 is 1.93 bits per heavy atom. The normalized spacial score (nSPS) is 11.1. The second-order valence-electron chi connectivity index (χ2n) is 3.08. The Hall–Kier alpha value is -1.70. The molecule has 0 aromatic heterocycles. The number of carbonyl (C=O) groups is 1. The number of hydrogen-bond donors (Lipinski definition) is 0. The number of ketones is 1. The molecule has 0 radical (unpaired) electrons. The van der Waals surface area contributed by atoms with E-state index in [0.717, 1.165) is 11.1 Å². The molecule has 0 atom stereocenters. The Bertz CT molecular complexity index is 374. The molecule has 0 saturated carbocycles. The van der Waals surface area contributed by atoms with Gasteiger partial charge in [0.15, 0.2) is 5.78 Å². The summed E-state index contributed by atoms with van der Waals surface area (Å²) >= 11 is 0. The maximum atomic E-state index is 11.2. The second-order valence-corrected chi connectivity index (χ2v) is 3.08. The first-order chi connectivity index (χ1) is 6.65. The molecule has 0 bridgehead atoms. The zero-order chi connectivity index (χ0) is 10.6. The number of carbonyl (C=O) groups excluding carboxylic acids is 1. The highest BCUT2D eigenvalue weighted by Crippen LogP contribution is 2.05. The van der Waals surface area contributed by atoms with Crippen LogP contribution in [-0.4, -0.2) is 11.5 Å². The first-order valence-electron chi connectivity index (χ1n) is 4.42. The van der Waals surface area contributed by atoms with Gasteiger partial charge in [-0.25, -0.2) is 0 Å². The number of benzene rings is 1. The van der Waals surface area contributed by atoms with Crippen molar-refractivity contribution >= 4 is 11.5 Å². The maximum absolute atomic E-state index is 11.2. The Morgan fingerprint density at radius 1 is 1.36 bits per heavy atom. The van der Waals surface area contributed by atoms with Crippen molar-refractivity contribution < 1.29 is 4.79 Å². The fourth-order valence-electron chi connectivity index (χ4n) is 1.17. The zero-order valence-corrected chi connectivity index (χ0v) is 8.45. The van der Waals surface area contributed by atoms with Crippen molar-refractivity contribution in [3.63, 3.8) is 0 Å². The Balaban J connectivity index is 3.12. The zero-order valence-electron chi connectivity index (χ0n) is 8.45. The number of hydrogen-bond acceptors (Lipinski definition) is 2. The molecule has 0 unspecified atom stereocenters. The van der Waals surface area contributed by atoms with E-state index in [1.54, 1.807) is 0 Å². The minimum atomic E-state index is -0.0475. The van der Waals surface area contributed by atoms with Crippen molar-refractivity contribution in [2.45, 2.75) is 13.8 Å². The minimum absolute atomic E-state index is 0.0475. The number of rotatable bonds is 3. The standard InChI is InChI=1S/C12H13NO/c1-4-13-12(10(3)14)11-7-5-9(2)6-8-11/h4-8H,1H2,2-3H3. The van der Waals surface area contributed by atoms with E-state index in [4.69, 9.17) is 0 Å². The predicted molar refractivity (Wildman–Crippen MR) is 58.6 cm³/mol. The monoisotopic (exact) mass is 187 g/mol. The molecule has 0 aliphatic carbocycles. The number of aryl methyl sites for hydroxylation is 1. The van der Waals surface area contributed by atoms with E-state index in [1.165, 1.54) is 13.1 Å². The average molecular weight is 187 g/mol. The van der Waals surface area contributed by atoms with Crippen LogP contribution in [0.4, 0.5) is 0 Å². The molecule has 0 saturated heterocycles. The van der Waals surface area contributed by atoms with E-state index in [2.05, 4.69) is 11.6 Å². The minimum Gasteiger partial charge on any atom is -0.293 e. The summed E-state index contributed by atoms with van der Waals surface area (Å²) in [4.78, 5) is 15.2. The highest BCUT2D eigenvalue weighted by molar-refractivity contribution is 6.45. The van der Waals surface area contributed by atoms with Gasteiger partial charge in [0.1, 0.15) is 5.71 Å². The lowest BCUT2D eigenvalue weighted by Crippen LogP contribution is -2.10. The van der Waals surface area contributed by atoms with Crippen LogP contribution >= 0.6 is 0 Å². The van der Waals surface area contributed by atoms with Crippen LogP contribution in [0.2, 0.25) is 0 Å². The first kappa shape index (κ1) is 10.4. The van der Waals surface area contributed by atoms with E-state index >= 15 is 0 Å². The maximum Gasteiger partial charge on any atom is 0.178 e. The molecular weight excluding hydrogens is 174 g/mol. The molecule has 72 valence electrons. The summed E-state index contributed by atoms with van der Waals surface area (Å²) in [6.07, 6.45) is 1.39. The van der Waals surface area contributed by atoms with Crippen LogP contribution in [0.5, 0.6) is 0 Å². The summed E-state index contributed by atoms with van der Waals surface area (Å²) in [5.41, 5.74) is 2.46. The lowest BCUT2D eigenvalue weighted by atomic mass is 10.1. The summed E-state index contributed by atoms with van der Waals surface area (Å²) in [5.74, 6) is -0.0475. The van der Waals surface area contributed by atoms with Gasteiger partial charge in [0.25, 0.3) is 0 Å². The van der Waals surface area contributed by atoms with Gasteiger partial charge in [-0.3, -0.25) is 9.79 Å². The second kappa shape index (κ2) is 4.51. The third-order valence-corrected chi connectivity index (χ3v) is 1.88. The topological polar surface area (TPSA) is 29.4 Å². The highest BCUT2D eigenvalue weighted by atomic mass is 16.1. The molecule has 0 aliphatic rings. The number of Topliss-reactive ketones (excluding diaryl/α,β-unsaturated/α-hetero) is 1. The van der Waals surface area contributed by atoms with Crippen LogP contribution in [-0.2, 0) is 4.79 Å². The van der Waals surface area contributed by atoms with Gasteiger partial charge >= 0.3 is 0 Å². The van der Waals surface area contributed by atoms with Gasteiger partial charge in [0, 0.05) is 18.7 Å². The molecule has 0 amide bonds. The van der Waals surface area contributed by atoms with Gasteiger partial charge in [0.05, 0.1) is 0 Å². The summed E-state index contributed by atoms with van der Waals surface area (Å²) in [7, 11) is 0.